The van der Waals surface area contributed by atoms with Crippen LogP contribution < -0.4 is 15.5 Å². The van der Waals surface area contributed by atoms with E-state index in [0.29, 0.717) is 11.3 Å². The van der Waals surface area contributed by atoms with Gasteiger partial charge in [-0.1, -0.05) is 35.3 Å². The van der Waals surface area contributed by atoms with Crippen LogP contribution in [0.25, 0.3) is 0 Å². The number of nitrogens with zero attached hydrogens (tertiary/aromatic N) is 2. The van der Waals surface area contributed by atoms with E-state index in [2.05, 4.69) is 15.8 Å². The Kier molecular flexibility index (Phi) is 8.40. The highest BCUT2D eigenvalue weighted by molar-refractivity contribution is 6.37. The molecule has 0 bridgehead atoms. The first kappa shape index (κ1) is 25.7. The average molecular weight is 515 g/mol. The van der Waals surface area contributed by atoms with Gasteiger partial charge >= 0.3 is 0 Å². The number of aryl methyl sites for hydroxylation is 2. The Bertz CT molecular complexity index is 1290. The van der Waals surface area contributed by atoms with Gasteiger partial charge in [0.2, 0.25) is 0 Å². The molecule has 0 unspecified atom stereocenters. The number of hydrogen-bond acceptors (Lipinski definition) is 6. The number of ether oxygens (including phenoxy) is 1. The summed E-state index contributed by atoms with van der Waals surface area (Å²) in [7, 11) is 0. The summed E-state index contributed by atoms with van der Waals surface area (Å²) in [6, 6.07) is 13.8. The summed E-state index contributed by atoms with van der Waals surface area (Å²) in [4.78, 5) is 34.6. The second kappa shape index (κ2) is 11.5. The number of hydrogen-bond donors (Lipinski definition) is 2. The van der Waals surface area contributed by atoms with Crippen LogP contribution in [-0.4, -0.2) is 29.6 Å². The van der Waals surface area contributed by atoms with Crippen LogP contribution >= 0.6 is 23.2 Å². The van der Waals surface area contributed by atoms with Crippen molar-refractivity contribution < 1.29 is 19.2 Å². The molecule has 0 spiro atoms. The minimum atomic E-state index is -0.557. The zero-order valence-corrected chi connectivity index (χ0v) is 20.2. The van der Waals surface area contributed by atoms with Gasteiger partial charge in [-0.25, -0.2) is 5.43 Å². The van der Waals surface area contributed by atoms with Crippen LogP contribution in [0.1, 0.15) is 27.0 Å². The number of rotatable bonds is 8. The van der Waals surface area contributed by atoms with Crippen molar-refractivity contribution in [3.8, 4) is 5.75 Å². The molecule has 2 amide bonds. The van der Waals surface area contributed by atoms with E-state index < -0.39 is 10.8 Å². The first-order valence-electron chi connectivity index (χ1n) is 10.2. The van der Waals surface area contributed by atoms with E-state index in [-0.39, 0.29) is 39.6 Å². The number of nitro groups is 1. The number of anilines is 1. The van der Waals surface area contributed by atoms with Crippen molar-refractivity contribution in [1.29, 1.82) is 0 Å². The lowest BCUT2D eigenvalue weighted by Gasteiger charge is -2.12. The molecule has 9 nitrogen and oxygen atoms in total. The molecule has 3 rings (SSSR count). The molecule has 0 saturated heterocycles. The van der Waals surface area contributed by atoms with Gasteiger partial charge in [-0.3, -0.25) is 19.7 Å². The third-order valence-corrected chi connectivity index (χ3v) is 5.32. The summed E-state index contributed by atoms with van der Waals surface area (Å²) in [5.74, 6) is -0.787. The largest absolute Gasteiger partial charge is 0.481 e. The topological polar surface area (TPSA) is 123 Å². The average Bonchev–Trinajstić information content (AvgIpc) is 2.81. The molecule has 0 saturated carbocycles. The quantitative estimate of drug-likeness (QED) is 0.240. The van der Waals surface area contributed by atoms with Gasteiger partial charge in [0.05, 0.1) is 21.2 Å². The molecule has 180 valence electrons. The maximum atomic E-state index is 12.3. The number of benzene rings is 3. The fourth-order valence-electron chi connectivity index (χ4n) is 2.95. The zero-order valence-electron chi connectivity index (χ0n) is 18.7. The molecule has 2 N–H and O–H groups in total. The van der Waals surface area contributed by atoms with Gasteiger partial charge in [-0.2, -0.15) is 5.10 Å². The van der Waals surface area contributed by atoms with E-state index in [4.69, 9.17) is 27.9 Å². The van der Waals surface area contributed by atoms with Crippen LogP contribution in [0.15, 0.2) is 59.7 Å². The van der Waals surface area contributed by atoms with Crippen LogP contribution in [0.2, 0.25) is 10.0 Å². The molecule has 0 radical (unpaired) electrons. The van der Waals surface area contributed by atoms with Gasteiger partial charge in [0.1, 0.15) is 0 Å². The van der Waals surface area contributed by atoms with Gasteiger partial charge in [0, 0.05) is 23.4 Å². The molecule has 0 aliphatic rings. The number of carbonyl (C=O) groups is 2. The van der Waals surface area contributed by atoms with Crippen molar-refractivity contribution in [2.75, 3.05) is 11.9 Å². The van der Waals surface area contributed by atoms with Crippen molar-refractivity contribution in [2.45, 2.75) is 13.8 Å². The number of nitrogens with one attached hydrogen (secondary N) is 2. The molecule has 0 atom stereocenters. The van der Waals surface area contributed by atoms with Gasteiger partial charge in [-0.15, -0.1) is 0 Å². The molecule has 0 fully saturated rings. The smallest absolute Gasteiger partial charge is 0.271 e. The molecule has 3 aromatic rings. The Labute approximate surface area is 210 Å². The molecule has 11 heteroatoms. The summed E-state index contributed by atoms with van der Waals surface area (Å²) in [6.45, 7) is 3.51. The maximum absolute atomic E-state index is 12.3. The summed E-state index contributed by atoms with van der Waals surface area (Å²) >= 11 is 12.5. The fraction of sp³-hybridized carbons (Fsp3) is 0.125. The summed E-state index contributed by atoms with van der Waals surface area (Å²) < 4.78 is 5.52. The number of halogens is 2. The van der Waals surface area contributed by atoms with Crippen LogP contribution in [0.4, 0.5) is 11.4 Å². The van der Waals surface area contributed by atoms with Crippen molar-refractivity contribution in [2.24, 2.45) is 5.10 Å². The van der Waals surface area contributed by atoms with Crippen molar-refractivity contribution >= 4 is 52.6 Å². The number of carbonyl (C=O) groups excluding carboxylic acids is 2. The predicted molar refractivity (Wildman–Crippen MR) is 135 cm³/mol. The van der Waals surface area contributed by atoms with Crippen molar-refractivity contribution in [3.63, 3.8) is 0 Å². The van der Waals surface area contributed by atoms with E-state index in [1.807, 2.05) is 32.0 Å². The highest BCUT2D eigenvalue weighted by atomic mass is 35.5. The third kappa shape index (κ3) is 7.02. The molecule has 3 aromatic carbocycles. The monoisotopic (exact) mass is 514 g/mol. The first-order chi connectivity index (χ1) is 16.6. The zero-order chi connectivity index (χ0) is 25.5. The predicted octanol–water partition coefficient (Wildman–Crippen LogP) is 5.30. The Hall–Kier alpha value is -3.95. The molecule has 0 aromatic heterocycles. The van der Waals surface area contributed by atoms with E-state index in [1.165, 1.54) is 42.6 Å². The number of hydrazone groups is 1. The number of amides is 2. The first-order valence-corrected chi connectivity index (χ1v) is 11.0. The van der Waals surface area contributed by atoms with Gasteiger partial charge in [0.25, 0.3) is 17.5 Å². The summed E-state index contributed by atoms with van der Waals surface area (Å²) in [5, 5.41) is 17.6. The van der Waals surface area contributed by atoms with Gasteiger partial charge in [-0.05, 0) is 60.9 Å². The molecular formula is C24H20Cl2N4O5. The van der Waals surface area contributed by atoms with Gasteiger partial charge in [0.15, 0.2) is 12.4 Å². The van der Waals surface area contributed by atoms with Crippen LogP contribution in [0, 0.1) is 24.0 Å². The lowest BCUT2D eigenvalue weighted by Crippen LogP contribution is -2.21. The summed E-state index contributed by atoms with van der Waals surface area (Å²) in [6.07, 6.45) is 1.32. The van der Waals surface area contributed by atoms with E-state index >= 15 is 0 Å². The van der Waals surface area contributed by atoms with Crippen LogP contribution in [0.5, 0.6) is 5.75 Å². The molecule has 0 aliphatic carbocycles. The molecular weight excluding hydrogens is 495 g/mol. The van der Waals surface area contributed by atoms with Crippen LogP contribution in [0.3, 0.4) is 0 Å². The second-order valence-corrected chi connectivity index (χ2v) is 8.29. The molecule has 35 heavy (non-hydrogen) atoms. The lowest BCUT2D eigenvalue weighted by molar-refractivity contribution is -0.384. The Balaban J connectivity index is 1.59. The SMILES string of the molecule is Cc1ccc(C)c(NC(=O)COc2c(Cl)cc(/C=N/NC(=O)c3ccc([N+](=O)[O-])cc3)cc2Cl)c1. The van der Waals surface area contributed by atoms with Crippen molar-refractivity contribution in [3.05, 3.63) is 97.0 Å². The van der Waals surface area contributed by atoms with Crippen molar-refractivity contribution in [1.82, 2.24) is 5.43 Å². The normalized spacial score (nSPS) is 10.7. The standard InChI is InChI=1S/C24H20Cl2N4O5/c1-14-3-4-15(2)21(9-14)28-22(31)13-35-23-19(25)10-16(11-20(23)26)12-27-29-24(32)17-5-7-18(8-6-17)30(33)34/h3-12H,13H2,1-2H3,(H,28,31)(H,29,32)/b27-12+. The van der Waals surface area contributed by atoms with Gasteiger partial charge < -0.3 is 10.1 Å². The fourth-order valence-corrected chi connectivity index (χ4v) is 3.56. The van der Waals surface area contributed by atoms with Crippen LogP contribution in [-0.2, 0) is 4.79 Å². The minimum Gasteiger partial charge on any atom is -0.481 e. The van der Waals surface area contributed by atoms with E-state index in [1.54, 1.807) is 0 Å². The third-order valence-electron chi connectivity index (χ3n) is 4.76. The van der Waals surface area contributed by atoms with E-state index in [0.717, 1.165) is 11.1 Å². The van der Waals surface area contributed by atoms with E-state index in [9.17, 15) is 19.7 Å². The molecule has 0 heterocycles. The highest BCUT2D eigenvalue weighted by Gasteiger charge is 2.13. The summed E-state index contributed by atoms with van der Waals surface area (Å²) in [5.41, 5.74) is 5.48. The number of non-ortho nitro benzene ring substituents is 1. The highest BCUT2D eigenvalue weighted by Crippen LogP contribution is 2.34. The minimum absolute atomic E-state index is 0.126. The Morgan fingerprint density at radius 1 is 1.06 bits per heavy atom. The lowest BCUT2D eigenvalue weighted by atomic mass is 10.1. The maximum Gasteiger partial charge on any atom is 0.271 e. The Morgan fingerprint density at radius 2 is 1.71 bits per heavy atom. The number of nitro benzene ring substituents is 1. The second-order valence-electron chi connectivity index (χ2n) is 7.47. The molecule has 0 aliphatic heterocycles. The Morgan fingerprint density at radius 3 is 2.34 bits per heavy atom.